The van der Waals surface area contributed by atoms with Crippen LogP contribution >= 0.6 is 11.6 Å². The molecule has 3 aromatic rings. The number of nitrogens with one attached hydrogen (secondary N) is 1. The molecule has 0 bridgehead atoms. The van der Waals surface area contributed by atoms with E-state index in [1.165, 1.54) is 29.2 Å². The third-order valence-electron chi connectivity index (χ3n) is 6.28. The van der Waals surface area contributed by atoms with Crippen LogP contribution in [0.15, 0.2) is 76.5 Å². The Morgan fingerprint density at radius 1 is 1.02 bits per heavy atom. The molecule has 3 aromatic carbocycles. The van der Waals surface area contributed by atoms with Crippen molar-refractivity contribution in [1.29, 1.82) is 0 Å². The van der Waals surface area contributed by atoms with Gasteiger partial charge in [0.15, 0.2) is 0 Å². The van der Waals surface area contributed by atoms with E-state index in [4.69, 9.17) is 16.3 Å². The number of carboxylic acids is 1. The minimum absolute atomic E-state index is 0.0113. The third kappa shape index (κ3) is 8.95. The lowest BCUT2D eigenvalue weighted by Gasteiger charge is -2.29. The van der Waals surface area contributed by atoms with Crippen molar-refractivity contribution in [1.82, 2.24) is 4.90 Å². The first-order valence-corrected chi connectivity index (χ1v) is 15.4. The molecule has 0 aliphatic heterocycles. The van der Waals surface area contributed by atoms with Crippen molar-refractivity contribution in [2.75, 3.05) is 25.0 Å². The Morgan fingerprint density at radius 3 is 2.29 bits per heavy atom. The van der Waals surface area contributed by atoms with Crippen LogP contribution < -0.4 is 5.32 Å². The van der Waals surface area contributed by atoms with Gasteiger partial charge in [-0.15, -0.1) is 0 Å². The van der Waals surface area contributed by atoms with Gasteiger partial charge in [-0.3, -0.25) is 0 Å². The number of nitrogens with zero attached hydrogens (tertiary/aromatic N) is 1. The van der Waals surface area contributed by atoms with Gasteiger partial charge in [0.1, 0.15) is 5.60 Å². The molecular weight excluding hydrogens is 580 g/mol. The fourth-order valence-corrected chi connectivity index (χ4v) is 5.61. The highest BCUT2D eigenvalue weighted by Crippen LogP contribution is 2.27. The first-order chi connectivity index (χ1) is 19.7. The Labute approximate surface area is 252 Å². The van der Waals surface area contributed by atoms with E-state index >= 15 is 0 Å². The van der Waals surface area contributed by atoms with Gasteiger partial charge in [-0.2, -0.15) is 0 Å². The largest absolute Gasteiger partial charge is 0.478 e. The van der Waals surface area contributed by atoms with Gasteiger partial charge < -0.3 is 25.2 Å². The Hall–Kier alpha value is -3.60. The van der Waals surface area contributed by atoms with Gasteiger partial charge in [0.25, 0.3) is 0 Å². The predicted octanol–water partition coefficient (Wildman–Crippen LogP) is 6.21. The highest BCUT2D eigenvalue weighted by atomic mass is 35.5. The van der Waals surface area contributed by atoms with Crippen molar-refractivity contribution in [3.05, 3.63) is 88.4 Å². The van der Waals surface area contributed by atoms with E-state index in [0.717, 1.165) is 18.1 Å². The number of carbonyl (C=O) groups is 2. The van der Waals surface area contributed by atoms with Crippen LogP contribution in [0.2, 0.25) is 5.02 Å². The summed E-state index contributed by atoms with van der Waals surface area (Å²) in [4.78, 5) is 26.0. The Kier molecular flexibility index (Phi) is 11.0. The van der Waals surface area contributed by atoms with Crippen LogP contribution in [0.1, 0.15) is 61.7 Å². The van der Waals surface area contributed by atoms with E-state index in [9.17, 15) is 28.2 Å². The number of aliphatic hydroxyl groups is 1. The van der Waals surface area contributed by atoms with Crippen molar-refractivity contribution in [3.8, 4) is 0 Å². The van der Waals surface area contributed by atoms with E-state index in [-0.39, 0.29) is 28.4 Å². The number of aliphatic hydroxyl groups excluding tert-OH is 1. The van der Waals surface area contributed by atoms with Crippen molar-refractivity contribution in [3.63, 3.8) is 0 Å². The highest BCUT2D eigenvalue weighted by Gasteiger charge is 2.25. The highest BCUT2D eigenvalue weighted by molar-refractivity contribution is 7.91. The number of halogens is 1. The second-order valence-electron chi connectivity index (χ2n) is 10.8. The summed E-state index contributed by atoms with van der Waals surface area (Å²) in [6, 6.07) is 17.0. The smallest absolute Gasteiger partial charge is 0.410 e. The number of hydrogen-bond donors (Lipinski definition) is 3. The Morgan fingerprint density at radius 2 is 1.69 bits per heavy atom. The van der Waals surface area contributed by atoms with Crippen LogP contribution in [-0.4, -0.2) is 60.8 Å². The van der Waals surface area contributed by atoms with Gasteiger partial charge in [-0.25, -0.2) is 18.0 Å². The maximum absolute atomic E-state index is 13.3. The molecule has 0 unspecified atom stereocenters. The summed E-state index contributed by atoms with van der Waals surface area (Å²) in [7, 11) is -3.98. The molecule has 42 heavy (non-hydrogen) atoms. The van der Waals surface area contributed by atoms with Crippen LogP contribution in [0.5, 0.6) is 0 Å². The van der Waals surface area contributed by atoms with Crippen LogP contribution in [0.4, 0.5) is 10.5 Å². The standard InChI is InChI=1S/C31H37ClN2O7S/c1-5-16-33-27-14-13-25(19-26(27)29(36)37)42(39,40)24-11-9-21(10-12-24)15-17-34(30(38)41-31(2,3)4)20-28(35)22-7-6-8-23(32)18-22/h6-14,18-19,28,33,35H,5,15-17,20H2,1-4H3,(H,36,37)/t28-/m0/s1. The van der Waals surface area contributed by atoms with E-state index in [2.05, 4.69) is 5.32 Å². The molecule has 3 N–H and O–H groups in total. The molecular formula is C31H37ClN2O7S. The van der Waals surface area contributed by atoms with Gasteiger partial charge in [0.05, 0.1) is 28.0 Å². The van der Waals surface area contributed by atoms with E-state index < -0.39 is 33.6 Å². The summed E-state index contributed by atoms with van der Waals surface area (Å²) < 4.78 is 32.1. The number of carboxylic acid groups (broad SMARTS) is 1. The molecule has 0 radical (unpaired) electrons. The third-order valence-corrected chi connectivity index (χ3v) is 8.28. The van der Waals surface area contributed by atoms with Crippen molar-refractivity contribution >= 4 is 39.2 Å². The molecule has 0 aliphatic rings. The topological polar surface area (TPSA) is 133 Å². The first kappa shape index (κ1) is 32.9. The summed E-state index contributed by atoms with van der Waals surface area (Å²) in [6.07, 6.45) is -0.441. The fourth-order valence-electron chi connectivity index (χ4n) is 4.13. The lowest BCUT2D eigenvalue weighted by atomic mass is 10.1. The molecule has 1 atom stereocenters. The van der Waals surface area contributed by atoms with E-state index in [0.29, 0.717) is 29.2 Å². The number of anilines is 1. The second kappa shape index (κ2) is 14.0. The predicted molar refractivity (Wildman–Crippen MR) is 162 cm³/mol. The summed E-state index contributed by atoms with van der Waals surface area (Å²) >= 11 is 6.06. The van der Waals surface area contributed by atoms with Crippen molar-refractivity contribution in [2.24, 2.45) is 0 Å². The number of aromatic carboxylic acids is 1. The maximum Gasteiger partial charge on any atom is 0.410 e. The molecule has 3 rings (SSSR count). The van der Waals surface area contributed by atoms with Crippen LogP contribution in [0.25, 0.3) is 0 Å². The molecule has 0 aromatic heterocycles. The number of hydrogen-bond acceptors (Lipinski definition) is 7. The molecule has 9 nitrogen and oxygen atoms in total. The Bertz CT molecular complexity index is 1500. The number of carbonyl (C=O) groups excluding carboxylic acids is 1. The van der Waals surface area contributed by atoms with Crippen LogP contribution in [0.3, 0.4) is 0 Å². The normalized spacial score (nSPS) is 12.4. The molecule has 0 spiro atoms. The average molecular weight is 617 g/mol. The number of rotatable bonds is 12. The van der Waals surface area contributed by atoms with E-state index in [1.807, 2.05) is 6.92 Å². The summed E-state index contributed by atoms with van der Waals surface area (Å²) in [6.45, 7) is 7.93. The second-order valence-corrected chi connectivity index (χ2v) is 13.2. The lowest BCUT2D eigenvalue weighted by Crippen LogP contribution is -2.40. The molecule has 1 amide bonds. The summed E-state index contributed by atoms with van der Waals surface area (Å²) in [5.41, 5.74) is 0.810. The summed E-state index contributed by atoms with van der Waals surface area (Å²) in [5.74, 6) is -1.23. The fraction of sp³-hybridized carbons (Fsp3) is 0.355. The van der Waals surface area contributed by atoms with Crippen LogP contribution in [-0.2, 0) is 21.0 Å². The molecule has 0 fully saturated rings. The first-order valence-electron chi connectivity index (χ1n) is 13.6. The lowest BCUT2D eigenvalue weighted by molar-refractivity contribution is 0.0147. The number of ether oxygens (including phenoxy) is 1. The van der Waals surface area contributed by atoms with E-state index in [1.54, 1.807) is 57.2 Å². The van der Waals surface area contributed by atoms with Gasteiger partial charge in [0.2, 0.25) is 9.84 Å². The maximum atomic E-state index is 13.3. The van der Waals surface area contributed by atoms with Gasteiger partial charge >= 0.3 is 12.1 Å². The number of sulfone groups is 1. The van der Waals surface area contributed by atoms with Crippen molar-refractivity contribution < 1.29 is 33.0 Å². The van der Waals surface area contributed by atoms with Crippen molar-refractivity contribution in [2.45, 2.75) is 62.0 Å². The number of amides is 1. The zero-order chi connectivity index (χ0) is 31.1. The molecule has 0 heterocycles. The van der Waals surface area contributed by atoms with Crippen LogP contribution in [0, 0.1) is 0 Å². The molecule has 226 valence electrons. The monoisotopic (exact) mass is 616 g/mol. The number of benzene rings is 3. The van der Waals surface area contributed by atoms with Gasteiger partial charge in [-0.05, 0) is 87.2 Å². The average Bonchev–Trinajstić information content (AvgIpc) is 2.93. The zero-order valence-electron chi connectivity index (χ0n) is 24.1. The zero-order valence-corrected chi connectivity index (χ0v) is 25.7. The minimum atomic E-state index is -3.98. The van der Waals surface area contributed by atoms with Gasteiger partial charge in [-0.1, -0.05) is 42.8 Å². The quantitative estimate of drug-likeness (QED) is 0.219. The molecule has 0 saturated heterocycles. The summed E-state index contributed by atoms with van der Waals surface area (Å²) in [5, 5.41) is 23.9. The Balaban J connectivity index is 1.77. The minimum Gasteiger partial charge on any atom is -0.478 e. The molecule has 11 heteroatoms. The van der Waals surface area contributed by atoms with Gasteiger partial charge in [0, 0.05) is 23.8 Å². The molecule has 0 aliphatic carbocycles. The molecule has 0 saturated carbocycles. The SMILES string of the molecule is CCCNc1ccc(S(=O)(=O)c2ccc(CCN(C[C@H](O)c3cccc(Cl)c3)C(=O)OC(C)(C)C)cc2)cc1C(=O)O.